The molecule has 3 amide bonds. The zero-order chi connectivity index (χ0) is 27.5. The lowest BCUT2D eigenvalue weighted by Crippen LogP contribution is -2.39. The number of alkyl carbamates (subject to hydrolysis) is 1. The molecular formula is C30H35N3O5. The average molecular weight is 518 g/mol. The maximum absolute atomic E-state index is 13.4. The number of hydrogen-bond acceptors (Lipinski definition) is 5. The zero-order valence-electron chi connectivity index (χ0n) is 22.3. The van der Waals surface area contributed by atoms with E-state index in [2.05, 4.69) is 10.6 Å². The number of likely N-dealkylation sites (N-methyl/N-ethyl adjacent to an activating group) is 1. The molecule has 0 aliphatic rings. The van der Waals surface area contributed by atoms with E-state index in [4.69, 9.17) is 9.47 Å². The molecule has 0 saturated heterocycles. The number of carbonyl (C=O) groups is 3. The van der Waals surface area contributed by atoms with Gasteiger partial charge in [0.25, 0.3) is 5.91 Å². The number of nitrogens with one attached hydrogen (secondary N) is 2. The van der Waals surface area contributed by atoms with Crippen molar-refractivity contribution in [1.29, 1.82) is 0 Å². The lowest BCUT2D eigenvalue weighted by Gasteiger charge is -2.27. The van der Waals surface area contributed by atoms with E-state index < -0.39 is 23.8 Å². The summed E-state index contributed by atoms with van der Waals surface area (Å²) < 4.78 is 10.7. The van der Waals surface area contributed by atoms with E-state index in [1.807, 2.05) is 81.4 Å². The first-order valence-electron chi connectivity index (χ1n) is 12.5. The fourth-order valence-electron chi connectivity index (χ4n) is 3.70. The highest BCUT2D eigenvalue weighted by Crippen LogP contribution is 2.23. The molecule has 3 aromatic rings. The Hall–Kier alpha value is -4.33. The van der Waals surface area contributed by atoms with E-state index in [1.165, 1.54) is 4.90 Å². The van der Waals surface area contributed by atoms with Crippen molar-refractivity contribution in [3.05, 3.63) is 102 Å². The molecule has 3 aromatic carbocycles. The van der Waals surface area contributed by atoms with E-state index >= 15 is 0 Å². The van der Waals surface area contributed by atoms with Gasteiger partial charge in [-0.05, 0) is 56.0 Å². The highest BCUT2D eigenvalue weighted by molar-refractivity contribution is 5.97. The van der Waals surface area contributed by atoms with Crippen molar-refractivity contribution in [2.24, 2.45) is 0 Å². The average Bonchev–Trinajstić information content (AvgIpc) is 2.88. The lowest BCUT2D eigenvalue weighted by atomic mass is 10.0. The van der Waals surface area contributed by atoms with Crippen molar-refractivity contribution in [2.45, 2.75) is 45.4 Å². The van der Waals surface area contributed by atoms with Gasteiger partial charge in [-0.15, -0.1) is 0 Å². The minimum absolute atomic E-state index is 0.109. The summed E-state index contributed by atoms with van der Waals surface area (Å²) in [7, 11) is 1.55. The highest BCUT2D eigenvalue weighted by Gasteiger charge is 2.29. The van der Waals surface area contributed by atoms with E-state index in [0.29, 0.717) is 24.2 Å². The van der Waals surface area contributed by atoms with Gasteiger partial charge >= 0.3 is 12.2 Å². The maximum atomic E-state index is 13.4. The first-order valence-corrected chi connectivity index (χ1v) is 12.5. The van der Waals surface area contributed by atoms with Crippen LogP contribution in [0.4, 0.5) is 15.3 Å². The second kappa shape index (κ2) is 13.3. The van der Waals surface area contributed by atoms with E-state index in [9.17, 15) is 14.4 Å². The molecule has 38 heavy (non-hydrogen) atoms. The van der Waals surface area contributed by atoms with Gasteiger partial charge in [0.1, 0.15) is 18.2 Å². The minimum Gasteiger partial charge on any atom is -0.445 e. The van der Waals surface area contributed by atoms with Gasteiger partial charge in [0.15, 0.2) is 0 Å². The van der Waals surface area contributed by atoms with Crippen molar-refractivity contribution >= 4 is 23.8 Å². The fourth-order valence-corrected chi connectivity index (χ4v) is 3.70. The second-order valence-corrected chi connectivity index (χ2v) is 9.83. The van der Waals surface area contributed by atoms with Crippen LogP contribution in [0.3, 0.4) is 0 Å². The zero-order valence-corrected chi connectivity index (χ0v) is 22.3. The summed E-state index contributed by atoms with van der Waals surface area (Å²) in [5.74, 6) is -0.366. The van der Waals surface area contributed by atoms with Crippen LogP contribution >= 0.6 is 0 Å². The van der Waals surface area contributed by atoms with Crippen molar-refractivity contribution in [3.63, 3.8) is 0 Å². The van der Waals surface area contributed by atoms with Crippen molar-refractivity contribution in [2.75, 3.05) is 18.9 Å². The first kappa shape index (κ1) is 28.2. The Kier molecular flexibility index (Phi) is 9.87. The number of nitrogens with zero attached hydrogens (tertiary/aromatic N) is 1. The molecule has 3 rings (SSSR count). The third-order valence-electron chi connectivity index (χ3n) is 5.55. The fraction of sp³-hybridized carbons (Fsp3) is 0.300. The number of benzene rings is 3. The molecule has 0 radical (unpaired) electrons. The molecule has 1 atom stereocenters. The number of ether oxygens (including phenoxy) is 2. The third kappa shape index (κ3) is 8.96. The number of anilines is 1. The van der Waals surface area contributed by atoms with Crippen LogP contribution in [-0.2, 0) is 27.3 Å². The molecule has 0 bridgehead atoms. The molecule has 2 N–H and O–H groups in total. The van der Waals surface area contributed by atoms with Crippen LogP contribution < -0.4 is 10.6 Å². The lowest BCUT2D eigenvalue weighted by molar-refractivity contribution is -0.120. The number of hydrogen-bond donors (Lipinski definition) is 2. The number of amides is 3. The van der Waals surface area contributed by atoms with Crippen LogP contribution in [0.5, 0.6) is 0 Å². The van der Waals surface area contributed by atoms with Crippen molar-refractivity contribution in [1.82, 2.24) is 10.2 Å². The maximum Gasteiger partial charge on any atom is 0.410 e. The van der Waals surface area contributed by atoms with E-state index in [0.717, 1.165) is 11.1 Å². The van der Waals surface area contributed by atoms with Crippen LogP contribution in [0.1, 0.15) is 43.5 Å². The van der Waals surface area contributed by atoms with Crippen LogP contribution in [-0.4, -0.2) is 42.2 Å². The summed E-state index contributed by atoms with van der Waals surface area (Å²) in [6, 6.07) is 24.9. The summed E-state index contributed by atoms with van der Waals surface area (Å²) in [4.78, 5) is 39.3. The molecule has 8 heteroatoms. The molecular weight excluding hydrogens is 482 g/mol. The standard InChI is InChI=1S/C30H35N3O5/c1-30(2,3)38-28(35)31-20-19-22-15-17-25(18-16-22)32-27(34)26(24-13-9-6-10-14-24)33(4)29(36)37-21-23-11-7-5-8-12-23/h5-18,26H,19-21H2,1-4H3,(H,31,35)(H,32,34)/t26-/m1/s1. The Morgan fingerprint density at radius 2 is 1.45 bits per heavy atom. The SMILES string of the molecule is CN(C(=O)OCc1ccccc1)[C@@H](C(=O)Nc1ccc(CCNC(=O)OC(C)(C)C)cc1)c1ccccc1. The summed E-state index contributed by atoms with van der Waals surface area (Å²) in [6.07, 6.45) is -0.457. The second-order valence-electron chi connectivity index (χ2n) is 9.83. The normalized spacial score (nSPS) is 11.7. The Balaban J connectivity index is 1.61. The molecule has 0 unspecified atom stereocenters. The van der Waals surface area contributed by atoms with E-state index in [-0.39, 0.29) is 12.5 Å². The molecule has 0 aromatic heterocycles. The summed E-state index contributed by atoms with van der Waals surface area (Å²) in [6.45, 7) is 5.97. The largest absolute Gasteiger partial charge is 0.445 e. The highest BCUT2D eigenvalue weighted by atomic mass is 16.6. The molecule has 0 aliphatic heterocycles. The van der Waals surface area contributed by atoms with Gasteiger partial charge in [0, 0.05) is 19.3 Å². The van der Waals surface area contributed by atoms with Gasteiger partial charge in [-0.2, -0.15) is 0 Å². The predicted octanol–water partition coefficient (Wildman–Crippen LogP) is 5.70. The van der Waals surface area contributed by atoms with Crippen LogP contribution in [0, 0.1) is 0 Å². The summed E-state index contributed by atoms with van der Waals surface area (Å²) in [5, 5.41) is 5.63. The van der Waals surface area contributed by atoms with Gasteiger partial charge in [-0.1, -0.05) is 72.8 Å². The number of rotatable bonds is 9. The Morgan fingerprint density at radius 3 is 2.05 bits per heavy atom. The smallest absolute Gasteiger partial charge is 0.410 e. The quantitative estimate of drug-likeness (QED) is 0.379. The Labute approximate surface area is 223 Å². The molecule has 0 fully saturated rings. The van der Waals surface area contributed by atoms with Gasteiger partial charge in [0.2, 0.25) is 0 Å². The topological polar surface area (TPSA) is 97.0 Å². The van der Waals surface area contributed by atoms with E-state index in [1.54, 1.807) is 31.3 Å². The summed E-state index contributed by atoms with van der Waals surface area (Å²) in [5.41, 5.74) is 2.55. The van der Waals surface area contributed by atoms with Crippen molar-refractivity contribution in [3.8, 4) is 0 Å². The first-order chi connectivity index (χ1) is 18.1. The van der Waals surface area contributed by atoms with Crippen molar-refractivity contribution < 1.29 is 23.9 Å². The Morgan fingerprint density at radius 1 is 0.842 bits per heavy atom. The van der Waals surface area contributed by atoms with Crippen LogP contribution in [0.25, 0.3) is 0 Å². The molecule has 0 aliphatic carbocycles. The van der Waals surface area contributed by atoms with Crippen LogP contribution in [0.2, 0.25) is 0 Å². The molecule has 8 nitrogen and oxygen atoms in total. The van der Waals surface area contributed by atoms with Crippen LogP contribution in [0.15, 0.2) is 84.9 Å². The minimum atomic E-state index is -0.892. The molecule has 0 heterocycles. The Bertz CT molecular complexity index is 1190. The van der Waals surface area contributed by atoms with Gasteiger partial charge in [-0.25, -0.2) is 9.59 Å². The predicted molar refractivity (Wildman–Crippen MR) is 147 cm³/mol. The van der Waals surface area contributed by atoms with Gasteiger partial charge in [-0.3, -0.25) is 9.69 Å². The molecule has 200 valence electrons. The molecule has 0 spiro atoms. The number of carbonyl (C=O) groups excluding carboxylic acids is 3. The monoisotopic (exact) mass is 517 g/mol. The molecule has 0 saturated carbocycles. The summed E-state index contributed by atoms with van der Waals surface area (Å²) >= 11 is 0. The third-order valence-corrected chi connectivity index (χ3v) is 5.55. The van der Waals surface area contributed by atoms with Gasteiger partial charge in [0.05, 0.1) is 0 Å². The van der Waals surface area contributed by atoms with Gasteiger partial charge < -0.3 is 20.1 Å².